The first-order chi connectivity index (χ1) is 8.45. The van der Waals surface area contributed by atoms with Crippen LogP contribution in [0.5, 0.6) is 0 Å². The van der Waals surface area contributed by atoms with E-state index in [1.807, 2.05) is 6.92 Å². The monoisotopic (exact) mass is 250 g/mol. The lowest BCUT2D eigenvalue weighted by molar-refractivity contribution is -0.147. The number of carbonyl (C=O) groups is 1. The maximum Gasteiger partial charge on any atom is 0.307 e. The van der Waals surface area contributed by atoms with Gasteiger partial charge in [0.1, 0.15) is 0 Å². The van der Waals surface area contributed by atoms with Crippen LogP contribution in [0.3, 0.4) is 0 Å². The molecule has 0 radical (unpaired) electrons. The van der Waals surface area contributed by atoms with Crippen molar-refractivity contribution in [1.82, 2.24) is 0 Å². The van der Waals surface area contributed by atoms with Crippen LogP contribution in [0.25, 0.3) is 0 Å². The lowest BCUT2D eigenvalue weighted by Gasteiger charge is -2.14. The Morgan fingerprint density at radius 2 is 2.00 bits per heavy atom. The lowest BCUT2D eigenvalue weighted by atomic mass is 10.1. The second-order valence-corrected chi connectivity index (χ2v) is 5.11. The van der Waals surface area contributed by atoms with E-state index >= 15 is 0 Å². The van der Waals surface area contributed by atoms with Crippen molar-refractivity contribution in [3.05, 3.63) is 12.2 Å². The van der Waals surface area contributed by atoms with Crippen molar-refractivity contribution in [3.63, 3.8) is 0 Å². The molecule has 18 heavy (non-hydrogen) atoms. The zero-order valence-corrected chi connectivity index (χ0v) is 12.2. The highest BCUT2D eigenvalue weighted by Crippen LogP contribution is 2.10. The highest BCUT2D eigenvalue weighted by Gasteiger charge is 2.13. The molecule has 0 heterocycles. The number of allylic oxidation sites excluding steroid dienone is 1. The summed E-state index contributed by atoms with van der Waals surface area (Å²) in [4.78, 5) is 11.6. The summed E-state index contributed by atoms with van der Waals surface area (Å²) < 4.78 is 5.40. The van der Waals surface area contributed by atoms with Crippen LogP contribution in [0, 0.1) is 17.8 Å². The molecular weight excluding hydrogens is 224 g/mol. The summed E-state index contributed by atoms with van der Waals surface area (Å²) in [6.07, 6.45) is 4.06. The molecule has 0 fully saturated rings. The van der Waals surface area contributed by atoms with Gasteiger partial charge in [0.25, 0.3) is 0 Å². The van der Waals surface area contributed by atoms with Crippen LogP contribution in [0.1, 0.15) is 59.8 Å². The number of rotatable bonds is 7. The number of esters is 1. The van der Waals surface area contributed by atoms with Crippen molar-refractivity contribution >= 4 is 5.97 Å². The third-order valence-corrected chi connectivity index (χ3v) is 2.39. The summed E-state index contributed by atoms with van der Waals surface area (Å²) >= 11 is 0. The molecule has 0 aliphatic rings. The zero-order valence-electron chi connectivity index (χ0n) is 12.2. The van der Waals surface area contributed by atoms with Crippen LogP contribution in [0.2, 0.25) is 0 Å². The summed E-state index contributed by atoms with van der Waals surface area (Å²) in [6.45, 7) is 11.9. The molecule has 0 amide bonds. The van der Waals surface area contributed by atoms with E-state index < -0.39 is 0 Å². The van der Waals surface area contributed by atoms with E-state index in [9.17, 15) is 4.79 Å². The SMILES string of the molecule is C=C(C)C#CC(CC(C)C)OC(=O)CCCCC. The molecule has 0 N–H and O–H groups in total. The third kappa shape index (κ3) is 9.96. The van der Waals surface area contributed by atoms with E-state index in [0.29, 0.717) is 12.3 Å². The average Bonchev–Trinajstić information content (AvgIpc) is 2.25. The van der Waals surface area contributed by atoms with Gasteiger partial charge in [-0.15, -0.1) is 0 Å². The molecule has 2 heteroatoms. The van der Waals surface area contributed by atoms with Crippen LogP contribution in [-0.2, 0) is 9.53 Å². The summed E-state index contributed by atoms with van der Waals surface area (Å²) in [7, 11) is 0. The van der Waals surface area contributed by atoms with Gasteiger partial charge < -0.3 is 4.74 Å². The first kappa shape index (κ1) is 16.8. The molecule has 2 nitrogen and oxygen atoms in total. The number of unbranched alkanes of at least 4 members (excludes halogenated alkanes) is 2. The Balaban J connectivity index is 4.28. The first-order valence-corrected chi connectivity index (χ1v) is 6.82. The van der Waals surface area contributed by atoms with Crippen molar-refractivity contribution < 1.29 is 9.53 Å². The minimum absolute atomic E-state index is 0.134. The minimum Gasteiger partial charge on any atom is -0.449 e. The summed E-state index contributed by atoms with van der Waals surface area (Å²) in [5.41, 5.74) is 0.797. The predicted molar refractivity (Wildman–Crippen MR) is 76.1 cm³/mol. The van der Waals surface area contributed by atoms with Gasteiger partial charge in [-0.05, 0) is 31.3 Å². The van der Waals surface area contributed by atoms with Gasteiger partial charge in [-0.3, -0.25) is 4.79 Å². The largest absolute Gasteiger partial charge is 0.449 e. The number of hydrogen-bond donors (Lipinski definition) is 0. The second-order valence-electron chi connectivity index (χ2n) is 5.11. The predicted octanol–water partition coefficient (Wildman–Crippen LogP) is 4.10. The Bertz CT molecular complexity index is 318. The van der Waals surface area contributed by atoms with Crippen LogP contribution >= 0.6 is 0 Å². The normalized spacial score (nSPS) is 11.6. The van der Waals surface area contributed by atoms with Crippen molar-refractivity contribution in [3.8, 4) is 11.8 Å². The molecule has 0 bridgehead atoms. The molecule has 1 unspecified atom stereocenters. The van der Waals surface area contributed by atoms with Crippen LogP contribution in [0.15, 0.2) is 12.2 Å². The number of ether oxygens (including phenoxy) is 1. The molecule has 0 spiro atoms. The Labute approximate surface area is 112 Å². The number of carbonyl (C=O) groups excluding carboxylic acids is 1. The Morgan fingerprint density at radius 1 is 1.33 bits per heavy atom. The van der Waals surface area contributed by atoms with Crippen molar-refractivity contribution in [2.24, 2.45) is 5.92 Å². The van der Waals surface area contributed by atoms with Gasteiger partial charge in [-0.2, -0.15) is 0 Å². The average molecular weight is 250 g/mol. The number of hydrogen-bond acceptors (Lipinski definition) is 2. The minimum atomic E-state index is -0.296. The van der Waals surface area contributed by atoms with Crippen LogP contribution in [0.4, 0.5) is 0 Å². The highest BCUT2D eigenvalue weighted by molar-refractivity contribution is 5.69. The summed E-state index contributed by atoms with van der Waals surface area (Å²) in [5.74, 6) is 6.20. The molecule has 0 aliphatic carbocycles. The van der Waals surface area contributed by atoms with Crippen molar-refractivity contribution in [2.75, 3.05) is 0 Å². The van der Waals surface area contributed by atoms with Gasteiger partial charge in [0, 0.05) is 6.42 Å². The standard InChI is InChI=1S/C16H26O2/c1-6-7-8-9-16(17)18-15(12-14(4)5)11-10-13(2)3/h14-15H,2,6-9,12H2,1,3-5H3. The summed E-state index contributed by atoms with van der Waals surface area (Å²) in [6, 6.07) is 0. The van der Waals surface area contributed by atoms with E-state index in [1.54, 1.807) is 0 Å². The smallest absolute Gasteiger partial charge is 0.307 e. The first-order valence-electron chi connectivity index (χ1n) is 6.82. The fourth-order valence-corrected chi connectivity index (χ4v) is 1.51. The molecule has 1 atom stereocenters. The summed E-state index contributed by atoms with van der Waals surface area (Å²) in [5, 5.41) is 0. The van der Waals surface area contributed by atoms with Gasteiger partial charge >= 0.3 is 5.97 Å². The van der Waals surface area contributed by atoms with Gasteiger partial charge in [0.15, 0.2) is 6.10 Å². The van der Waals surface area contributed by atoms with Gasteiger partial charge in [0.05, 0.1) is 0 Å². The molecule has 0 aliphatic heterocycles. The van der Waals surface area contributed by atoms with Gasteiger partial charge in [-0.25, -0.2) is 0 Å². The quantitative estimate of drug-likeness (QED) is 0.386. The van der Waals surface area contributed by atoms with E-state index in [4.69, 9.17) is 4.74 Å². The maximum absolute atomic E-state index is 11.6. The lowest BCUT2D eigenvalue weighted by Crippen LogP contribution is -2.18. The zero-order chi connectivity index (χ0) is 14.0. The topological polar surface area (TPSA) is 26.3 Å². The fraction of sp³-hybridized carbons (Fsp3) is 0.688. The molecule has 0 saturated heterocycles. The van der Waals surface area contributed by atoms with E-state index in [2.05, 4.69) is 39.2 Å². The van der Waals surface area contributed by atoms with Gasteiger partial charge in [-0.1, -0.05) is 52.0 Å². The highest BCUT2D eigenvalue weighted by atomic mass is 16.5. The Kier molecular flexibility index (Phi) is 9.10. The molecule has 0 aromatic rings. The van der Waals surface area contributed by atoms with E-state index in [-0.39, 0.29) is 12.1 Å². The maximum atomic E-state index is 11.6. The second kappa shape index (κ2) is 9.76. The Morgan fingerprint density at radius 3 is 2.50 bits per heavy atom. The molecule has 0 aromatic carbocycles. The van der Waals surface area contributed by atoms with E-state index in [0.717, 1.165) is 31.3 Å². The third-order valence-electron chi connectivity index (χ3n) is 2.39. The molecule has 0 aromatic heterocycles. The fourth-order valence-electron chi connectivity index (χ4n) is 1.51. The van der Waals surface area contributed by atoms with Crippen LogP contribution in [-0.4, -0.2) is 12.1 Å². The van der Waals surface area contributed by atoms with Crippen LogP contribution < -0.4 is 0 Å². The Hall–Kier alpha value is -1.23. The van der Waals surface area contributed by atoms with E-state index in [1.165, 1.54) is 0 Å². The van der Waals surface area contributed by atoms with Crippen molar-refractivity contribution in [2.45, 2.75) is 65.9 Å². The molecule has 102 valence electrons. The molecule has 0 saturated carbocycles. The van der Waals surface area contributed by atoms with Crippen molar-refractivity contribution in [1.29, 1.82) is 0 Å². The molecule has 0 rings (SSSR count). The van der Waals surface area contributed by atoms with Gasteiger partial charge in [0.2, 0.25) is 0 Å². The molecular formula is C16H26O2.